The van der Waals surface area contributed by atoms with Crippen molar-refractivity contribution in [2.75, 3.05) is 37.5 Å². The number of hydrogen-bond donors (Lipinski definition) is 2. The molecule has 4 heterocycles. The molecule has 3 N–H and O–H groups in total. The zero-order valence-corrected chi connectivity index (χ0v) is 17.3. The summed E-state index contributed by atoms with van der Waals surface area (Å²) in [5.41, 5.74) is 3.11. The standard InChI is InChI=1S/C20H21F2N5O3S/c21-15-2-1-12(26-16-6-25-17(7-24-16)30-8-13-3-4-29-13)5-14(15)20-10-28-9-19(20,22)11-31-18(23)27-20/h1-2,5-7,13H,3-4,8-11H2,(H2,23,27)(H,24,26)/t13?,19-,20-/m1/s1. The number of nitrogens with two attached hydrogens (primary N) is 1. The first kappa shape index (κ1) is 20.4. The number of aliphatic imine (C=N–C) groups is 1. The number of thioether (sulfide) groups is 1. The average molecular weight is 449 g/mol. The number of fused-ring (bicyclic) bond motifs is 1. The summed E-state index contributed by atoms with van der Waals surface area (Å²) in [5.74, 6) is 0.293. The lowest BCUT2D eigenvalue weighted by molar-refractivity contribution is -0.0727. The lowest BCUT2D eigenvalue weighted by atomic mass is 9.79. The van der Waals surface area contributed by atoms with Crippen molar-refractivity contribution in [1.29, 1.82) is 0 Å². The van der Waals surface area contributed by atoms with Gasteiger partial charge >= 0.3 is 0 Å². The molecule has 3 atom stereocenters. The molecule has 0 radical (unpaired) electrons. The largest absolute Gasteiger partial charge is 0.474 e. The molecule has 2 saturated heterocycles. The van der Waals surface area contributed by atoms with Crippen molar-refractivity contribution >= 4 is 28.4 Å². The number of nitrogens with zero attached hydrogens (tertiary/aromatic N) is 3. The highest BCUT2D eigenvalue weighted by molar-refractivity contribution is 8.13. The van der Waals surface area contributed by atoms with Crippen molar-refractivity contribution in [1.82, 2.24) is 9.97 Å². The molecule has 0 spiro atoms. The van der Waals surface area contributed by atoms with Gasteiger partial charge in [-0.3, -0.25) is 0 Å². The zero-order chi connectivity index (χ0) is 21.5. The number of benzene rings is 1. The van der Waals surface area contributed by atoms with Crippen molar-refractivity contribution in [2.24, 2.45) is 10.7 Å². The first-order valence-electron chi connectivity index (χ1n) is 9.86. The van der Waals surface area contributed by atoms with Gasteiger partial charge in [-0.1, -0.05) is 11.8 Å². The second-order valence-corrected chi connectivity index (χ2v) is 8.70. The summed E-state index contributed by atoms with van der Waals surface area (Å²) in [4.78, 5) is 12.8. The molecule has 2 aromatic rings. The molecule has 0 saturated carbocycles. The molecule has 2 fully saturated rings. The molecule has 0 aliphatic carbocycles. The third-order valence-corrected chi connectivity index (χ3v) is 6.64. The number of amidine groups is 1. The van der Waals surface area contributed by atoms with Crippen molar-refractivity contribution in [3.63, 3.8) is 0 Å². The topological polar surface area (TPSA) is 104 Å². The van der Waals surface area contributed by atoms with E-state index in [9.17, 15) is 4.39 Å². The number of ether oxygens (including phenoxy) is 3. The van der Waals surface area contributed by atoms with Crippen molar-refractivity contribution in [2.45, 2.75) is 23.7 Å². The first-order chi connectivity index (χ1) is 15.0. The molecular weight excluding hydrogens is 428 g/mol. The minimum absolute atomic E-state index is 0.0538. The number of rotatable bonds is 6. The fourth-order valence-electron chi connectivity index (χ4n) is 3.81. The molecule has 1 aromatic heterocycles. The quantitative estimate of drug-likeness (QED) is 0.694. The summed E-state index contributed by atoms with van der Waals surface area (Å²) in [6, 6.07) is 4.32. The van der Waals surface area contributed by atoms with Crippen LogP contribution < -0.4 is 15.8 Å². The molecule has 0 bridgehead atoms. The monoisotopic (exact) mass is 449 g/mol. The van der Waals surface area contributed by atoms with Crippen LogP contribution in [-0.4, -0.2) is 59.1 Å². The molecule has 164 valence electrons. The fraction of sp³-hybridized carbons (Fsp3) is 0.450. The summed E-state index contributed by atoms with van der Waals surface area (Å²) >= 11 is 1.11. The summed E-state index contributed by atoms with van der Waals surface area (Å²) in [7, 11) is 0. The molecule has 31 heavy (non-hydrogen) atoms. The van der Waals surface area contributed by atoms with Crippen molar-refractivity contribution in [3.8, 4) is 5.88 Å². The van der Waals surface area contributed by atoms with E-state index in [1.165, 1.54) is 30.6 Å². The van der Waals surface area contributed by atoms with Crippen LogP contribution in [0.5, 0.6) is 5.88 Å². The second-order valence-electron chi connectivity index (χ2n) is 7.71. The normalized spacial score (nSPS) is 29.6. The molecular formula is C20H21F2N5O3S. The Bertz CT molecular complexity index is 1010. The predicted octanol–water partition coefficient (Wildman–Crippen LogP) is 2.52. The van der Waals surface area contributed by atoms with E-state index >= 15 is 4.39 Å². The smallest absolute Gasteiger partial charge is 0.232 e. The van der Waals surface area contributed by atoms with Crippen LogP contribution in [0.4, 0.5) is 20.3 Å². The highest BCUT2D eigenvalue weighted by Gasteiger charge is 2.61. The highest BCUT2D eigenvalue weighted by atomic mass is 32.2. The molecule has 8 nitrogen and oxygen atoms in total. The van der Waals surface area contributed by atoms with Gasteiger partial charge in [-0.05, 0) is 18.2 Å². The molecule has 3 aliphatic heterocycles. The molecule has 3 aliphatic rings. The lowest BCUT2D eigenvalue weighted by Gasteiger charge is -2.38. The Labute approximate surface area is 181 Å². The number of aromatic nitrogens is 2. The van der Waals surface area contributed by atoms with Gasteiger partial charge in [-0.15, -0.1) is 0 Å². The number of hydrogen-bond acceptors (Lipinski definition) is 9. The zero-order valence-electron chi connectivity index (χ0n) is 16.5. The van der Waals surface area contributed by atoms with Crippen molar-refractivity contribution < 1.29 is 23.0 Å². The van der Waals surface area contributed by atoms with Crippen molar-refractivity contribution in [3.05, 3.63) is 42.0 Å². The first-order valence-corrected chi connectivity index (χ1v) is 10.8. The second kappa shape index (κ2) is 7.88. The maximum atomic E-state index is 15.7. The van der Waals surface area contributed by atoms with Gasteiger partial charge in [0.05, 0.1) is 31.7 Å². The molecule has 1 aromatic carbocycles. The molecule has 11 heteroatoms. The van der Waals surface area contributed by atoms with Crippen LogP contribution in [0.1, 0.15) is 12.0 Å². The predicted molar refractivity (Wildman–Crippen MR) is 112 cm³/mol. The SMILES string of the molecule is NC1=N[C@@]2(c3cc(Nc4cnc(OCC5CCO5)cn4)ccc3F)COC[C@@]2(F)CS1. The lowest BCUT2D eigenvalue weighted by Crippen LogP contribution is -2.52. The summed E-state index contributed by atoms with van der Waals surface area (Å²) in [6.45, 7) is 0.949. The number of nitrogens with one attached hydrogen (secondary N) is 1. The molecule has 1 unspecified atom stereocenters. The van der Waals surface area contributed by atoms with Gasteiger partial charge < -0.3 is 25.3 Å². The van der Waals surface area contributed by atoms with Gasteiger partial charge in [0, 0.05) is 30.0 Å². The van der Waals surface area contributed by atoms with E-state index in [0.29, 0.717) is 24.0 Å². The van der Waals surface area contributed by atoms with E-state index in [1.807, 2.05) is 0 Å². The van der Waals surface area contributed by atoms with Crippen LogP contribution in [0, 0.1) is 5.82 Å². The van der Waals surface area contributed by atoms with Gasteiger partial charge in [0.1, 0.15) is 18.2 Å². The number of alkyl halides is 1. The van der Waals surface area contributed by atoms with E-state index in [2.05, 4.69) is 20.3 Å². The maximum Gasteiger partial charge on any atom is 0.232 e. The minimum atomic E-state index is -1.84. The van der Waals surface area contributed by atoms with Gasteiger partial charge in [-0.25, -0.2) is 23.7 Å². The van der Waals surface area contributed by atoms with E-state index in [1.54, 1.807) is 0 Å². The highest BCUT2D eigenvalue weighted by Crippen LogP contribution is 2.50. The Morgan fingerprint density at radius 2 is 2.16 bits per heavy atom. The Balaban J connectivity index is 1.37. The summed E-state index contributed by atoms with van der Waals surface area (Å²) in [6.07, 6.45) is 4.07. The van der Waals surface area contributed by atoms with E-state index in [-0.39, 0.29) is 35.8 Å². The number of halogens is 2. The summed E-state index contributed by atoms with van der Waals surface area (Å²) in [5, 5.41) is 3.27. The van der Waals surface area contributed by atoms with Crippen LogP contribution in [0.25, 0.3) is 0 Å². The van der Waals surface area contributed by atoms with Gasteiger partial charge in [-0.2, -0.15) is 0 Å². The molecule has 0 amide bonds. The summed E-state index contributed by atoms with van der Waals surface area (Å²) < 4.78 is 46.7. The van der Waals surface area contributed by atoms with Crippen LogP contribution in [-0.2, 0) is 15.0 Å². The minimum Gasteiger partial charge on any atom is -0.474 e. The fourth-order valence-corrected chi connectivity index (χ4v) is 4.73. The third kappa shape index (κ3) is 3.70. The average Bonchev–Trinajstić information content (AvgIpc) is 3.07. The molecule has 5 rings (SSSR count). The number of anilines is 2. The van der Waals surface area contributed by atoms with Crippen LogP contribution in [0.2, 0.25) is 0 Å². The Kier molecular flexibility index (Phi) is 5.19. The van der Waals surface area contributed by atoms with Gasteiger partial charge in [0.25, 0.3) is 0 Å². The van der Waals surface area contributed by atoms with Gasteiger partial charge in [0.2, 0.25) is 5.88 Å². The maximum absolute atomic E-state index is 15.7. The van der Waals surface area contributed by atoms with Gasteiger partial charge in [0.15, 0.2) is 16.4 Å². The van der Waals surface area contributed by atoms with E-state index in [0.717, 1.165) is 24.8 Å². The Hall–Kier alpha value is -2.50. The van der Waals surface area contributed by atoms with Crippen LogP contribution in [0.15, 0.2) is 35.6 Å². The van der Waals surface area contributed by atoms with E-state index in [4.69, 9.17) is 19.9 Å². The Morgan fingerprint density at radius 3 is 2.90 bits per heavy atom. The Morgan fingerprint density at radius 1 is 1.29 bits per heavy atom. The van der Waals surface area contributed by atoms with Crippen LogP contribution >= 0.6 is 11.8 Å². The van der Waals surface area contributed by atoms with Crippen LogP contribution in [0.3, 0.4) is 0 Å². The van der Waals surface area contributed by atoms with E-state index < -0.39 is 17.0 Å². The third-order valence-electron chi connectivity index (χ3n) is 5.66.